The van der Waals surface area contributed by atoms with Crippen molar-refractivity contribution in [2.45, 2.75) is 6.92 Å². The molecule has 5 nitrogen and oxygen atoms in total. The molecule has 0 radical (unpaired) electrons. The summed E-state index contributed by atoms with van der Waals surface area (Å²) in [6.45, 7) is 1.99. The zero-order valence-corrected chi connectivity index (χ0v) is 12.5. The van der Waals surface area contributed by atoms with Gasteiger partial charge in [-0.25, -0.2) is 4.98 Å². The van der Waals surface area contributed by atoms with Gasteiger partial charge in [0.15, 0.2) is 0 Å². The van der Waals surface area contributed by atoms with E-state index in [4.69, 9.17) is 0 Å². The fourth-order valence-corrected chi connectivity index (χ4v) is 2.79. The maximum absolute atomic E-state index is 12.1. The molecule has 23 heavy (non-hydrogen) atoms. The van der Waals surface area contributed by atoms with Crippen LogP contribution in [0.1, 0.15) is 5.69 Å². The molecule has 4 heterocycles. The van der Waals surface area contributed by atoms with E-state index in [2.05, 4.69) is 19.9 Å². The minimum Gasteiger partial charge on any atom is -0.344 e. The Morgan fingerprint density at radius 1 is 1.00 bits per heavy atom. The zero-order chi connectivity index (χ0) is 15.8. The maximum atomic E-state index is 12.1. The van der Waals surface area contributed by atoms with E-state index in [1.165, 1.54) is 0 Å². The van der Waals surface area contributed by atoms with Gasteiger partial charge in [0.25, 0.3) is 0 Å². The van der Waals surface area contributed by atoms with Crippen molar-refractivity contribution >= 4 is 11.0 Å². The lowest BCUT2D eigenvalue weighted by atomic mass is 10.0. The third-order valence-corrected chi connectivity index (χ3v) is 3.79. The van der Waals surface area contributed by atoms with Gasteiger partial charge < -0.3 is 9.97 Å². The molecule has 0 spiro atoms. The van der Waals surface area contributed by atoms with Crippen molar-refractivity contribution in [3.05, 3.63) is 71.0 Å². The molecule has 4 rings (SSSR count). The summed E-state index contributed by atoms with van der Waals surface area (Å²) in [5.41, 5.74) is 5.19. The van der Waals surface area contributed by atoms with E-state index in [-0.39, 0.29) is 5.56 Å². The van der Waals surface area contributed by atoms with Gasteiger partial charge >= 0.3 is 0 Å². The number of nitrogens with one attached hydrogen (secondary N) is 2. The lowest BCUT2D eigenvalue weighted by molar-refractivity contribution is 1.22. The van der Waals surface area contributed by atoms with Gasteiger partial charge in [-0.2, -0.15) is 0 Å². The summed E-state index contributed by atoms with van der Waals surface area (Å²) in [5.74, 6) is 0. The Hall–Kier alpha value is -3.21. The van der Waals surface area contributed by atoms with Crippen LogP contribution in [0.15, 0.2) is 59.8 Å². The van der Waals surface area contributed by atoms with E-state index in [0.717, 1.165) is 39.1 Å². The molecule has 0 saturated heterocycles. The Labute approximate surface area is 132 Å². The van der Waals surface area contributed by atoms with Crippen LogP contribution >= 0.6 is 0 Å². The van der Waals surface area contributed by atoms with Crippen molar-refractivity contribution in [2.75, 3.05) is 0 Å². The molecule has 0 unspecified atom stereocenters. The molecule has 0 fully saturated rings. The molecule has 112 valence electrons. The van der Waals surface area contributed by atoms with Crippen LogP contribution in [0.25, 0.3) is 33.4 Å². The lowest BCUT2D eigenvalue weighted by Crippen LogP contribution is -2.06. The second-order valence-electron chi connectivity index (χ2n) is 5.46. The van der Waals surface area contributed by atoms with Crippen LogP contribution in [0.3, 0.4) is 0 Å². The van der Waals surface area contributed by atoms with Crippen LogP contribution in [0.4, 0.5) is 0 Å². The number of aryl methyl sites for hydroxylation is 1. The normalized spacial score (nSPS) is 11.0. The van der Waals surface area contributed by atoms with E-state index in [9.17, 15) is 4.79 Å². The van der Waals surface area contributed by atoms with Crippen LogP contribution in [0.2, 0.25) is 0 Å². The van der Waals surface area contributed by atoms with Gasteiger partial charge in [0.2, 0.25) is 5.56 Å². The molecule has 0 aliphatic carbocycles. The number of H-pyrrole nitrogens is 2. The molecular formula is C18H14N4O. The lowest BCUT2D eigenvalue weighted by Gasteiger charge is -2.06. The molecule has 2 N–H and O–H groups in total. The standard InChI is InChI=1S/C18H14N4O/c1-11-7-15-14(4-6-20-18(15)21-11)13-8-16(22-17(23)9-13)12-3-2-5-19-10-12/h2-10H,1H3,(H,20,21)(H,22,23). The van der Waals surface area contributed by atoms with Crippen LogP contribution < -0.4 is 5.56 Å². The molecule has 5 heteroatoms. The number of aromatic amines is 2. The fraction of sp³-hybridized carbons (Fsp3) is 0.0556. The van der Waals surface area contributed by atoms with Crippen LogP contribution in [-0.2, 0) is 0 Å². The Balaban J connectivity index is 1.95. The number of hydrogen-bond acceptors (Lipinski definition) is 3. The predicted octanol–water partition coefficient (Wildman–Crippen LogP) is 3.29. The first kappa shape index (κ1) is 13.5. The second kappa shape index (κ2) is 5.21. The molecule has 0 aliphatic heterocycles. The van der Waals surface area contributed by atoms with E-state index in [1.807, 2.05) is 37.3 Å². The summed E-state index contributed by atoms with van der Waals surface area (Å²) in [4.78, 5) is 26.6. The van der Waals surface area contributed by atoms with Crippen molar-refractivity contribution < 1.29 is 0 Å². The highest BCUT2D eigenvalue weighted by molar-refractivity contribution is 5.93. The average Bonchev–Trinajstić information content (AvgIpc) is 2.95. The van der Waals surface area contributed by atoms with Gasteiger partial charge in [0.1, 0.15) is 5.65 Å². The second-order valence-corrected chi connectivity index (χ2v) is 5.46. The number of hydrogen-bond donors (Lipinski definition) is 2. The van der Waals surface area contributed by atoms with Crippen LogP contribution in [-0.4, -0.2) is 19.9 Å². The van der Waals surface area contributed by atoms with Crippen molar-refractivity contribution in [1.82, 2.24) is 19.9 Å². The van der Waals surface area contributed by atoms with E-state index < -0.39 is 0 Å². The molecular weight excluding hydrogens is 288 g/mol. The van der Waals surface area contributed by atoms with Crippen molar-refractivity contribution in [1.29, 1.82) is 0 Å². The first-order valence-electron chi connectivity index (χ1n) is 7.30. The first-order chi connectivity index (χ1) is 11.2. The van der Waals surface area contributed by atoms with Gasteiger partial charge in [0.05, 0.1) is 5.69 Å². The van der Waals surface area contributed by atoms with Crippen LogP contribution in [0, 0.1) is 6.92 Å². The fourth-order valence-electron chi connectivity index (χ4n) is 2.79. The molecule has 4 aromatic heterocycles. The molecule has 4 aromatic rings. The summed E-state index contributed by atoms with van der Waals surface area (Å²) in [6, 6.07) is 11.3. The monoisotopic (exact) mass is 302 g/mol. The highest BCUT2D eigenvalue weighted by Crippen LogP contribution is 2.29. The van der Waals surface area contributed by atoms with Crippen molar-refractivity contribution in [3.8, 4) is 22.4 Å². The van der Waals surface area contributed by atoms with Gasteiger partial charge in [-0.1, -0.05) is 0 Å². The van der Waals surface area contributed by atoms with E-state index in [1.54, 1.807) is 24.7 Å². The number of nitrogens with zero attached hydrogens (tertiary/aromatic N) is 2. The van der Waals surface area contributed by atoms with Crippen LogP contribution in [0.5, 0.6) is 0 Å². The molecule has 0 amide bonds. The van der Waals surface area contributed by atoms with Gasteiger partial charge in [-0.3, -0.25) is 9.78 Å². The number of pyridine rings is 3. The maximum Gasteiger partial charge on any atom is 0.249 e. The Bertz CT molecular complexity index is 1050. The van der Waals surface area contributed by atoms with Gasteiger partial charge in [-0.15, -0.1) is 0 Å². The molecule has 0 aliphatic rings. The summed E-state index contributed by atoms with van der Waals surface area (Å²) in [5, 5.41) is 1.01. The minimum atomic E-state index is -0.140. The highest BCUT2D eigenvalue weighted by atomic mass is 16.1. The van der Waals surface area contributed by atoms with E-state index in [0.29, 0.717) is 0 Å². The first-order valence-corrected chi connectivity index (χ1v) is 7.30. The topological polar surface area (TPSA) is 74.4 Å². The molecule has 0 bridgehead atoms. The summed E-state index contributed by atoms with van der Waals surface area (Å²) in [7, 11) is 0. The van der Waals surface area contributed by atoms with Gasteiger partial charge in [-0.05, 0) is 48.4 Å². The third-order valence-electron chi connectivity index (χ3n) is 3.79. The van der Waals surface area contributed by atoms with Crippen molar-refractivity contribution in [3.63, 3.8) is 0 Å². The molecule has 0 atom stereocenters. The number of fused-ring (bicyclic) bond motifs is 1. The highest BCUT2D eigenvalue weighted by Gasteiger charge is 2.09. The molecule has 0 aromatic carbocycles. The number of aromatic nitrogens is 4. The summed E-state index contributed by atoms with van der Waals surface area (Å²) < 4.78 is 0. The Morgan fingerprint density at radius 3 is 2.74 bits per heavy atom. The Morgan fingerprint density at radius 2 is 1.91 bits per heavy atom. The minimum absolute atomic E-state index is 0.140. The average molecular weight is 302 g/mol. The third kappa shape index (κ3) is 2.42. The number of rotatable bonds is 2. The largest absolute Gasteiger partial charge is 0.344 e. The summed E-state index contributed by atoms with van der Waals surface area (Å²) in [6.07, 6.45) is 5.19. The predicted molar refractivity (Wildman–Crippen MR) is 90.1 cm³/mol. The zero-order valence-electron chi connectivity index (χ0n) is 12.5. The van der Waals surface area contributed by atoms with E-state index >= 15 is 0 Å². The SMILES string of the molecule is Cc1cc2c(-c3cc(-c4cccnc4)[nH]c(=O)c3)ccnc2[nH]1. The smallest absolute Gasteiger partial charge is 0.249 e. The Kier molecular flexibility index (Phi) is 3.05. The molecule has 0 saturated carbocycles. The van der Waals surface area contributed by atoms with Gasteiger partial charge in [0, 0.05) is 41.3 Å². The quantitative estimate of drug-likeness (QED) is 0.596. The van der Waals surface area contributed by atoms with Crippen molar-refractivity contribution in [2.24, 2.45) is 0 Å². The summed E-state index contributed by atoms with van der Waals surface area (Å²) >= 11 is 0.